The number of carbonyl (C=O) groups is 2. The Morgan fingerprint density at radius 3 is 2.64 bits per heavy atom. The van der Waals surface area contributed by atoms with Gasteiger partial charge in [-0.2, -0.15) is 0 Å². The highest BCUT2D eigenvalue weighted by Gasteiger charge is 2.33. The third-order valence-electron chi connectivity index (χ3n) is 3.23. The van der Waals surface area contributed by atoms with Gasteiger partial charge in [0.15, 0.2) is 6.10 Å². The van der Waals surface area contributed by atoms with E-state index in [0.29, 0.717) is 5.75 Å². The summed E-state index contributed by atoms with van der Waals surface area (Å²) in [7, 11) is 1.39. The van der Waals surface area contributed by atoms with Gasteiger partial charge in [0.05, 0.1) is 24.0 Å². The average Bonchev–Trinajstić information content (AvgIpc) is 3.31. The Hall–Kier alpha value is -2.64. The van der Waals surface area contributed by atoms with Crippen molar-refractivity contribution < 1.29 is 24.0 Å². The minimum atomic E-state index is -1.02. The molecule has 118 valence electrons. The monoisotopic (exact) mass is 308 g/mol. The van der Waals surface area contributed by atoms with Crippen LogP contribution in [0, 0.1) is 16.0 Å². The van der Waals surface area contributed by atoms with Gasteiger partial charge in [0.1, 0.15) is 11.4 Å². The maximum Gasteiger partial charge on any atom is 0.309 e. The molecule has 0 saturated heterocycles. The summed E-state index contributed by atoms with van der Waals surface area (Å²) in [4.78, 5) is 33.9. The molecule has 1 atom stereocenters. The predicted octanol–water partition coefficient (Wildman–Crippen LogP) is 1.88. The highest BCUT2D eigenvalue weighted by Crippen LogP contribution is 2.31. The van der Waals surface area contributed by atoms with E-state index >= 15 is 0 Å². The third-order valence-corrected chi connectivity index (χ3v) is 3.23. The first-order valence-electron chi connectivity index (χ1n) is 6.76. The van der Waals surface area contributed by atoms with Gasteiger partial charge in [-0.25, -0.2) is 0 Å². The molecule has 1 aromatic rings. The third kappa shape index (κ3) is 3.72. The van der Waals surface area contributed by atoms with Crippen LogP contribution in [0.2, 0.25) is 0 Å². The van der Waals surface area contributed by atoms with E-state index in [1.807, 2.05) is 0 Å². The lowest BCUT2D eigenvalue weighted by atomic mass is 10.2. The van der Waals surface area contributed by atoms with Crippen molar-refractivity contribution in [3.8, 4) is 5.75 Å². The molecule has 1 aromatic carbocycles. The molecular weight excluding hydrogens is 292 g/mol. The Bertz CT molecular complexity index is 611. The van der Waals surface area contributed by atoms with Gasteiger partial charge in [-0.05, 0) is 31.9 Å². The molecule has 1 saturated carbocycles. The second kappa shape index (κ2) is 6.42. The van der Waals surface area contributed by atoms with Crippen LogP contribution in [-0.2, 0) is 14.3 Å². The molecule has 1 amide bonds. The second-order valence-electron chi connectivity index (χ2n) is 4.98. The molecule has 1 aliphatic carbocycles. The lowest BCUT2D eigenvalue weighted by Gasteiger charge is -2.13. The molecule has 0 heterocycles. The van der Waals surface area contributed by atoms with Gasteiger partial charge in [-0.15, -0.1) is 0 Å². The van der Waals surface area contributed by atoms with E-state index in [9.17, 15) is 19.7 Å². The number of nitro groups is 1. The summed E-state index contributed by atoms with van der Waals surface area (Å²) in [6.07, 6.45) is 0.531. The molecule has 0 unspecified atom stereocenters. The summed E-state index contributed by atoms with van der Waals surface area (Å²) in [6.45, 7) is 1.42. The predicted molar refractivity (Wildman–Crippen MR) is 76.6 cm³/mol. The van der Waals surface area contributed by atoms with Crippen molar-refractivity contribution in [3.63, 3.8) is 0 Å². The Balaban J connectivity index is 2.06. The summed E-state index contributed by atoms with van der Waals surface area (Å²) in [5.41, 5.74) is -0.279. The van der Waals surface area contributed by atoms with Gasteiger partial charge in [-0.3, -0.25) is 19.7 Å². The lowest BCUT2D eigenvalue weighted by molar-refractivity contribution is -0.384. The van der Waals surface area contributed by atoms with Crippen LogP contribution >= 0.6 is 0 Å². The quantitative estimate of drug-likeness (QED) is 0.488. The zero-order valence-corrected chi connectivity index (χ0v) is 12.2. The fourth-order valence-electron chi connectivity index (χ4n) is 1.77. The van der Waals surface area contributed by atoms with Crippen LogP contribution in [0.25, 0.3) is 0 Å². The van der Waals surface area contributed by atoms with E-state index in [1.165, 1.54) is 32.2 Å². The zero-order chi connectivity index (χ0) is 16.3. The summed E-state index contributed by atoms with van der Waals surface area (Å²) in [5, 5.41) is 13.4. The first kappa shape index (κ1) is 15.7. The second-order valence-corrected chi connectivity index (χ2v) is 4.98. The van der Waals surface area contributed by atoms with Crippen molar-refractivity contribution >= 4 is 23.3 Å². The largest absolute Gasteiger partial charge is 0.496 e. The summed E-state index contributed by atoms with van der Waals surface area (Å²) < 4.78 is 9.92. The number of hydrogen-bond acceptors (Lipinski definition) is 6. The van der Waals surface area contributed by atoms with Gasteiger partial charge in [-0.1, -0.05) is 0 Å². The molecule has 1 aliphatic rings. The maximum atomic E-state index is 12.0. The number of nitrogens with one attached hydrogen (secondary N) is 1. The number of carbonyl (C=O) groups excluding carboxylic acids is 2. The minimum Gasteiger partial charge on any atom is -0.496 e. The number of benzene rings is 1. The Labute approximate surface area is 126 Å². The summed E-state index contributed by atoms with van der Waals surface area (Å²) >= 11 is 0. The first-order valence-corrected chi connectivity index (χ1v) is 6.76. The number of methoxy groups -OCH3 is 1. The Morgan fingerprint density at radius 1 is 1.41 bits per heavy atom. The number of nitro benzene ring substituents is 1. The van der Waals surface area contributed by atoms with Crippen LogP contribution in [0.1, 0.15) is 19.8 Å². The number of nitrogens with zero attached hydrogens (tertiary/aromatic N) is 1. The van der Waals surface area contributed by atoms with E-state index in [4.69, 9.17) is 9.47 Å². The lowest BCUT2D eigenvalue weighted by Crippen LogP contribution is -2.30. The van der Waals surface area contributed by atoms with Crippen LogP contribution in [0.4, 0.5) is 11.4 Å². The van der Waals surface area contributed by atoms with Gasteiger partial charge in [0, 0.05) is 0 Å². The number of ether oxygens (including phenoxy) is 2. The van der Waals surface area contributed by atoms with Crippen molar-refractivity contribution in [2.24, 2.45) is 5.92 Å². The van der Waals surface area contributed by atoms with E-state index in [2.05, 4.69) is 5.32 Å². The normalized spacial score (nSPS) is 14.8. The SMILES string of the molecule is COc1ccc(NC(=O)[C@@H](C)OC(=O)C2CC2)c([N+](=O)[O-])c1. The molecule has 8 nitrogen and oxygen atoms in total. The zero-order valence-electron chi connectivity index (χ0n) is 12.2. The fraction of sp³-hybridized carbons (Fsp3) is 0.429. The van der Waals surface area contributed by atoms with Gasteiger partial charge in [0.2, 0.25) is 0 Å². The molecule has 0 bridgehead atoms. The summed E-state index contributed by atoms with van der Waals surface area (Å²) in [6, 6.07) is 4.06. The van der Waals surface area contributed by atoms with E-state index in [1.54, 1.807) is 0 Å². The van der Waals surface area contributed by atoms with Crippen LogP contribution in [0.3, 0.4) is 0 Å². The van der Waals surface area contributed by atoms with Crippen molar-refractivity contribution in [3.05, 3.63) is 28.3 Å². The molecule has 0 aliphatic heterocycles. The maximum absolute atomic E-state index is 12.0. The van der Waals surface area contributed by atoms with E-state index in [0.717, 1.165) is 12.8 Å². The number of esters is 1. The van der Waals surface area contributed by atoms with E-state index in [-0.39, 0.29) is 17.3 Å². The topological polar surface area (TPSA) is 108 Å². The molecular formula is C14H16N2O6. The molecule has 0 aromatic heterocycles. The molecule has 1 fully saturated rings. The average molecular weight is 308 g/mol. The smallest absolute Gasteiger partial charge is 0.309 e. The molecule has 8 heteroatoms. The highest BCUT2D eigenvalue weighted by molar-refractivity contribution is 5.97. The number of anilines is 1. The molecule has 0 radical (unpaired) electrons. The van der Waals surface area contributed by atoms with E-state index < -0.39 is 22.9 Å². The molecule has 0 spiro atoms. The summed E-state index contributed by atoms with van der Waals surface area (Å²) in [5.74, 6) is -0.849. The highest BCUT2D eigenvalue weighted by atomic mass is 16.6. The molecule has 22 heavy (non-hydrogen) atoms. The standard InChI is InChI=1S/C14H16N2O6/c1-8(22-14(18)9-3-4-9)13(17)15-11-6-5-10(21-2)7-12(11)16(19)20/h5-9H,3-4H2,1-2H3,(H,15,17)/t8-/m1/s1. The van der Waals surface area contributed by atoms with Gasteiger partial charge in [0.25, 0.3) is 11.6 Å². The number of hydrogen-bond donors (Lipinski definition) is 1. The molecule has 2 rings (SSSR count). The minimum absolute atomic E-state index is 0.0186. The van der Waals surface area contributed by atoms with Crippen LogP contribution in [0.15, 0.2) is 18.2 Å². The van der Waals surface area contributed by atoms with Crippen molar-refractivity contribution in [1.29, 1.82) is 0 Å². The van der Waals surface area contributed by atoms with Crippen LogP contribution in [-0.4, -0.2) is 30.0 Å². The Kier molecular flexibility index (Phi) is 4.59. The van der Waals surface area contributed by atoms with Gasteiger partial charge >= 0.3 is 5.97 Å². The number of amides is 1. The van der Waals surface area contributed by atoms with Crippen LogP contribution in [0.5, 0.6) is 5.75 Å². The first-order chi connectivity index (χ1) is 10.4. The van der Waals surface area contributed by atoms with Crippen molar-refractivity contribution in [2.45, 2.75) is 25.9 Å². The van der Waals surface area contributed by atoms with Crippen LogP contribution < -0.4 is 10.1 Å². The fourth-order valence-corrected chi connectivity index (χ4v) is 1.77. The van der Waals surface area contributed by atoms with Gasteiger partial charge < -0.3 is 14.8 Å². The Morgan fingerprint density at radius 2 is 2.09 bits per heavy atom. The van der Waals surface area contributed by atoms with Crippen molar-refractivity contribution in [1.82, 2.24) is 0 Å². The molecule has 1 N–H and O–H groups in total. The van der Waals surface area contributed by atoms with Crippen molar-refractivity contribution in [2.75, 3.05) is 12.4 Å². The number of rotatable bonds is 6.